The molecule has 29 heavy (non-hydrogen) atoms. The van der Waals surface area contributed by atoms with E-state index in [9.17, 15) is 9.59 Å². The van der Waals surface area contributed by atoms with E-state index in [-0.39, 0.29) is 11.9 Å². The maximum atomic E-state index is 12.8. The number of urea groups is 1. The summed E-state index contributed by atoms with van der Waals surface area (Å²) in [6.07, 6.45) is 4.67. The van der Waals surface area contributed by atoms with E-state index < -0.39 is 5.54 Å². The number of imide groups is 1. The SMILES string of the molecule is O=C1NC(=O)C2(CCN(c3nccc4ncccc34)CC2)N1Cc1ccccc1. The number of piperidine rings is 1. The van der Waals surface area contributed by atoms with Crippen LogP contribution < -0.4 is 10.2 Å². The number of fused-ring (bicyclic) bond motifs is 1. The molecule has 2 aromatic heterocycles. The van der Waals surface area contributed by atoms with Crippen LogP contribution in [0.15, 0.2) is 60.9 Å². The first kappa shape index (κ1) is 17.6. The fourth-order valence-electron chi connectivity index (χ4n) is 4.41. The third kappa shape index (κ3) is 2.90. The number of aromatic nitrogens is 2. The van der Waals surface area contributed by atoms with Crippen LogP contribution in [-0.4, -0.2) is 45.4 Å². The molecule has 7 heteroatoms. The predicted molar refractivity (Wildman–Crippen MR) is 109 cm³/mol. The van der Waals surface area contributed by atoms with Crippen molar-refractivity contribution in [3.05, 3.63) is 66.5 Å². The second-order valence-electron chi connectivity index (χ2n) is 7.55. The lowest BCUT2D eigenvalue weighted by atomic mass is 9.85. The van der Waals surface area contributed by atoms with Crippen LogP contribution in [0.3, 0.4) is 0 Å². The molecule has 0 radical (unpaired) electrons. The van der Waals surface area contributed by atoms with E-state index in [2.05, 4.69) is 20.2 Å². The summed E-state index contributed by atoms with van der Waals surface area (Å²) in [7, 11) is 0. The van der Waals surface area contributed by atoms with Crippen molar-refractivity contribution in [1.29, 1.82) is 0 Å². The summed E-state index contributed by atoms with van der Waals surface area (Å²) in [6.45, 7) is 1.72. The van der Waals surface area contributed by atoms with Gasteiger partial charge in [0.05, 0.1) is 5.52 Å². The fraction of sp³-hybridized carbons (Fsp3) is 0.273. The van der Waals surface area contributed by atoms with Crippen molar-refractivity contribution >= 4 is 28.7 Å². The second kappa shape index (κ2) is 6.84. The Morgan fingerprint density at radius 3 is 2.52 bits per heavy atom. The van der Waals surface area contributed by atoms with Gasteiger partial charge in [-0.25, -0.2) is 9.78 Å². The fourth-order valence-corrected chi connectivity index (χ4v) is 4.41. The molecular weight excluding hydrogens is 366 g/mol. The molecule has 4 heterocycles. The molecule has 7 nitrogen and oxygen atoms in total. The second-order valence-corrected chi connectivity index (χ2v) is 7.55. The number of hydrogen-bond acceptors (Lipinski definition) is 5. The highest BCUT2D eigenvalue weighted by Crippen LogP contribution is 2.36. The summed E-state index contributed by atoms with van der Waals surface area (Å²) in [5, 5.41) is 3.53. The Morgan fingerprint density at radius 1 is 0.931 bits per heavy atom. The minimum absolute atomic E-state index is 0.189. The minimum atomic E-state index is -0.799. The molecule has 0 unspecified atom stereocenters. The zero-order valence-electron chi connectivity index (χ0n) is 15.9. The van der Waals surface area contributed by atoms with Crippen LogP contribution >= 0.6 is 0 Å². The molecule has 5 rings (SSSR count). The van der Waals surface area contributed by atoms with Gasteiger partial charge in [0.15, 0.2) is 0 Å². The highest BCUT2D eigenvalue weighted by atomic mass is 16.2. The van der Waals surface area contributed by atoms with Gasteiger partial charge in [0, 0.05) is 37.4 Å². The lowest BCUT2D eigenvalue weighted by Crippen LogP contribution is -2.56. The molecule has 0 aliphatic carbocycles. The van der Waals surface area contributed by atoms with Crippen molar-refractivity contribution in [2.45, 2.75) is 24.9 Å². The van der Waals surface area contributed by atoms with Gasteiger partial charge in [0.25, 0.3) is 5.91 Å². The van der Waals surface area contributed by atoms with Crippen molar-refractivity contribution in [3.63, 3.8) is 0 Å². The highest BCUT2D eigenvalue weighted by Gasteiger charge is 2.54. The van der Waals surface area contributed by atoms with Gasteiger partial charge in [0.1, 0.15) is 11.4 Å². The van der Waals surface area contributed by atoms with Gasteiger partial charge >= 0.3 is 6.03 Å². The smallest absolute Gasteiger partial charge is 0.325 e. The summed E-state index contributed by atoms with van der Waals surface area (Å²) in [5.74, 6) is 0.690. The van der Waals surface area contributed by atoms with Gasteiger partial charge in [-0.15, -0.1) is 0 Å². The Labute approximate surface area is 168 Å². The highest BCUT2D eigenvalue weighted by molar-refractivity contribution is 6.07. The van der Waals surface area contributed by atoms with E-state index in [1.807, 2.05) is 48.5 Å². The number of carbonyl (C=O) groups excluding carboxylic acids is 2. The van der Waals surface area contributed by atoms with Crippen molar-refractivity contribution in [2.24, 2.45) is 0 Å². The number of nitrogens with one attached hydrogen (secondary N) is 1. The summed E-state index contributed by atoms with van der Waals surface area (Å²) >= 11 is 0. The Morgan fingerprint density at radius 2 is 1.72 bits per heavy atom. The normalized spacial score (nSPS) is 18.5. The first-order valence-electron chi connectivity index (χ1n) is 9.79. The summed E-state index contributed by atoms with van der Waals surface area (Å²) < 4.78 is 0. The van der Waals surface area contributed by atoms with E-state index in [4.69, 9.17) is 0 Å². The number of carbonyl (C=O) groups is 2. The molecule has 1 spiro atoms. The molecule has 1 aromatic carbocycles. The minimum Gasteiger partial charge on any atom is -0.356 e. The molecular formula is C22H21N5O2. The third-order valence-corrected chi connectivity index (χ3v) is 5.99. The van der Waals surface area contributed by atoms with Gasteiger partial charge < -0.3 is 9.80 Å². The molecule has 2 fully saturated rings. The zero-order chi connectivity index (χ0) is 19.8. The van der Waals surface area contributed by atoms with E-state index in [0.29, 0.717) is 32.5 Å². The Hall–Kier alpha value is -3.48. The monoisotopic (exact) mass is 387 g/mol. The van der Waals surface area contributed by atoms with Gasteiger partial charge in [-0.05, 0) is 36.6 Å². The predicted octanol–water partition coefficient (Wildman–Crippen LogP) is 2.72. The molecule has 2 aliphatic heterocycles. The number of pyridine rings is 2. The molecule has 2 saturated heterocycles. The van der Waals surface area contributed by atoms with Crippen LogP contribution in [0.2, 0.25) is 0 Å². The Kier molecular flexibility index (Phi) is 4.16. The lowest BCUT2D eigenvalue weighted by Gasteiger charge is -2.42. The molecule has 3 amide bonds. The summed E-state index contributed by atoms with van der Waals surface area (Å²) in [6, 6.07) is 15.3. The zero-order valence-corrected chi connectivity index (χ0v) is 15.9. The van der Waals surface area contributed by atoms with Crippen molar-refractivity contribution in [2.75, 3.05) is 18.0 Å². The summed E-state index contributed by atoms with van der Waals surface area (Å²) in [4.78, 5) is 38.2. The molecule has 1 N–H and O–H groups in total. The maximum absolute atomic E-state index is 12.8. The van der Waals surface area contributed by atoms with Crippen LogP contribution in [0.1, 0.15) is 18.4 Å². The molecule has 0 bridgehead atoms. The lowest BCUT2D eigenvalue weighted by molar-refractivity contribution is -0.127. The van der Waals surface area contributed by atoms with E-state index >= 15 is 0 Å². The average molecular weight is 387 g/mol. The van der Waals surface area contributed by atoms with Gasteiger partial charge in [0.2, 0.25) is 0 Å². The number of amides is 3. The Bertz CT molecular complexity index is 1070. The number of rotatable bonds is 3. The van der Waals surface area contributed by atoms with Crippen LogP contribution in [0, 0.1) is 0 Å². The molecule has 3 aromatic rings. The molecule has 2 aliphatic rings. The van der Waals surface area contributed by atoms with Crippen LogP contribution in [0.5, 0.6) is 0 Å². The van der Waals surface area contributed by atoms with Gasteiger partial charge in [-0.3, -0.25) is 15.1 Å². The van der Waals surface area contributed by atoms with Crippen molar-refractivity contribution in [1.82, 2.24) is 20.2 Å². The van der Waals surface area contributed by atoms with E-state index in [1.165, 1.54) is 0 Å². The first-order chi connectivity index (χ1) is 14.2. The number of anilines is 1. The molecule has 0 saturated carbocycles. The van der Waals surface area contributed by atoms with E-state index in [1.54, 1.807) is 17.3 Å². The van der Waals surface area contributed by atoms with Crippen molar-refractivity contribution in [3.8, 4) is 0 Å². The van der Waals surface area contributed by atoms with Gasteiger partial charge in [-0.2, -0.15) is 0 Å². The topological polar surface area (TPSA) is 78.4 Å². The standard InChI is InChI=1S/C22H21N5O2/c28-20-22(27(21(29)25-20)15-16-5-2-1-3-6-16)9-13-26(14-10-22)19-17-7-4-11-23-18(17)8-12-24-19/h1-8,11-12H,9-10,13-15H2,(H,25,28,29). The number of nitrogens with zero attached hydrogens (tertiary/aromatic N) is 4. The largest absolute Gasteiger partial charge is 0.356 e. The number of hydrogen-bond donors (Lipinski definition) is 1. The molecule has 146 valence electrons. The Balaban J connectivity index is 1.41. The number of benzene rings is 1. The van der Waals surface area contributed by atoms with Crippen molar-refractivity contribution < 1.29 is 9.59 Å². The molecule has 0 atom stereocenters. The average Bonchev–Trinajstić information content (AvgIpc) is 2.98. The summed E-state index contributed by atoms with van der Waals surface area (Å²) in [5.41, 5.74) is 1.12. The van der Waals surface area contributed by atoms with Gasteiger partial charge in [-0.1, -0.05) is 30.3 Å². The first-order valence-corrected chi connectivity index (χ1v) is 9.79. The van der Waals surface area contributed by atoms with Crippen LogP contribution in [0.4, 0.5) is 10.6 Å². The van der Waals surface area contributed by atoms with Crippen LogP contribution in [-0.2, 0) is 11.3 Å². The van der Waals surface area contributed by atoms with E-state index in [0.717, 1.165) is 22.3 Å². The third-order valence-electron chi connectivity index (χ3n) is 5.99. The quantitative estimate of drug-likeness (QED) is 0.699. The maximum Gasteiger partial charge on any atom is 0.325 e. The van der Waals surface area contributed by atoms with Crippen LogP contribution in [0.25, 0.3) is 10.9 Å².